The Morgan fingerprint density at radius 1 is 1.69 bits per heavy atom. The number of aromatic nitrogens is 2. The summed E-state index contributed by atoms with van der Waals surface area (Å²) in [6.45, 7) is 1.93. The molecule has 0 saturated carbocycles. The molecular formula is C11H18ClN3S. The number of hydrogen-bond acceptors (Lipinski definition) is 3. The number of nitrogens with two attached hydrogens (primary N) is 1. The quantitative estimate of drug-likeness (QED) is 0.903. The maximum Gasteiger partial charge on any atom is 0.0847 e. The molecule has 2 N–H and O–H groups in total. The first kappa shape index (κ1) is 12.3. The van der Waals surface area contributed by atoms with E-state index < -0.39 is 0 Å². The topological polar surface area (TPSA) is 43.8 Å². The van der Waals surface area contributed by atoms with Gasteiger partial charge >= 0.3 is 0 Å². The van der Waals surface area contributed by atoms with Crippen molar-refractivity contribution in [3.05, 3.63) is 16.4 Å². The number of nitrogens with zero attached hydrogens (tertiary/aromatic N) is 2. The maximum atomic E-state index is 6.24. The summed E-state index contributed by atoms with van der Waals surface area (Å²) in [5.74, 6) is 3.07. The summed E-state index contributed by atoms with van der Waals surface area (Å²) in [5.41, 5.74) is 8.21. The fourth-order valence-corrected chi connectivity index (χ4v) is 3.77. The van der Waals surface area contributed by atoms with Crippen molar-refractivity contribution in [1.29, 1.82) is 0 Å². The minimum atomic E-state index is 0.210. The van der Waals surface area contributed by atoms with Crippen LogP contribution in [0.3, 0.4) is 0 Å². The zero-order valence-corrected chi connectivity index (χ0v) is 11.3. The molecule has 2 rings (SSSR count). The van der Waals surface area contributed by atoms with Gasteiger partial charge in [-0.1, -0.05) is 11.6 Å². The van der Waals surface area contributed by atoms with Gasteiger partial charge in [0.15, 0.2) is 0 Å². The third-order valence-corrected chi connectivity index (χ3v) is 4.94. The van der Waals surface area contributed by atoms with Crippen LogP contribution in [-0.4, -0.2) is 27.3 Å². The normalized spacial score (nSPS) is 22.6. The molecule has 0 spiro atoms. The average Bonchev–Trinajstić information content (AvgIpc) is 2.83. The molecule has 0 aliphatic carbocycles. The molecule has 5 heteroatoms. The van der Waals surface area contributed by atoms with Crippen LogP contribution >= 0.6 is 23.4 Å². The van der Waals surface area contributed by atoms with Gasteiger partial charge in [-0.15, -0.1) is 0 Å². The molecule has 2 unspecified atom stereocenters. The summed E-state index contributed by atoms with van der Waals surface area (Å²) in [5, 5.41) is 5.10. The van der Waals surface area contributed by atoms with Gasteiger partial charge in [0.2, 0.25) is 0 Å². The number of aryl methyl sites for hydroxylation is 2. The fourth-order valence-electron chi connectivity index (χ4n) is 2.18. The van der Waals surface area contributed by atoms with Gasteiger partial charge in [0.05, 0.1) is 16.4 Å². The largest absolute Gasteiger partial charge is 0.327 e. The van der Waals surface area contributed by atoms with E-state index in [1.54, 1.807) is 0 Å². The predicted molar refractivity (Wildman–Crippen MR) is 70.1 cm³/mol. The number of halogens is 1. The Labute approximate surface area is 106 Å². The molecular weight excluding hydrogens is 242 g/mol. The average molecular weight is 260 g/mol. The number of thioether (sulfide) groups is 1. The second-order valence-corrected chi connectivity index (χ2v) is 5.99. The van der Waals surface area contributed by atoms with Crippen LogP contribution in [0.2, 0.25) is 5.02 Å². The van der Waals surface area contributed by atoms with Crippen molar-refractivity contribution in [2.75, 3.05) is 11.5 Å². The van der Waals surface area contributed by atoms with Crippen LogP contribution in [0, 0.1) is 12.8 Å². The van der Waals surface area contributed by atoms with Gasteiger partial charge in [-0.3, -0.25) is 4.68 Å². The molecule has 1 saturated heterocycles. The Balaban J connectivity index is 2.07. The molecule has 90 valence electrons. The Morgan fingerprint density at radius 3 is 2.94 bits per heavy atom. The molecule has 0 radical (unpaired) electrons. The second-order valence-electron chi connectivity index (χ2n) is 4.46. The molecule has 1 aromatic heterocycles. The SMILES string of the molecule is Cc1nn(C)c(CC(N)C2CCSC2)c1Cl. The molecule has 0 amide bonds. The van der Waals surface area contributed by atoms with Crippen molar-refractivity contribution >= 4 is 23.4 Å². The number of rotatable bonds is 3. The highest BCUT2D eigenvalue weighted by Crippen LogP contribution is 2.28. The van der Waals surface area contributed by atoms with E-state index in [2.05, 4.69) is 5.10 Å². The minimum absolute atomic E-state index is 0.210. The molecule has 1 fully saturated rings. The predicted octanol–water partition coefficient (Wildman–Crippen LogP) is 2.00. The van der Waals surface area contributed by atoms with Crippen molar-refractivity contribution < 1.29 is 0 Å². The van der Waals surface area contributed by atoms with Crippen molar-refractivity contribution in [3.63, 3.8) is 0 Å². The Morgan fingerprint density at radius 2 is 2.44 bits per heavy atom. The van der Waals surface area contributed by atoms with Gasteiger partial charge in [-0.2, -0.15) is 16.9 Å². The van der Waals surface area contributed by atoms with Crippen LogP contribution in [-0.2, 0) is 13.5 Å². The molecule has 1 aliphatic heterocycles. The lowest BCUT2D eigenvalue weighted by Crippen LogP contribution is -2.33. The van der Waals surface area contributed by atoms with Gasteiger partial charge in [-0.25, -0.2) is 0 Å². The van der Waals surface area contributed by atoms with Gasteiger partial charge in [0.25, 0.3) is 0 Å². The highest BCUT2D eigenvalue weighted by atomic mass is 35.5. The van der Waals surface area contributed by atoms with Crippen molar-refractivity contribution in [3.8, 4) is 0 Å². The lowest BCUT2D eigenvalue weighted by atomic mass is 9.96. The third-order valence-electron chi connectivity index (χ3n) is 3.26. The lowest BCUT2D eigenvalue weighted by molar-refractivity contribution is 0.452. The second kappa shape index (κ2) is 4.98. The van der Waals surface area contributed by atoms with Crippen LogP contribution in [0.15, 0.2) is 0 Å². The zero-order valence-electron chi connectivity index (χ0n) is 9.74. The minimum Gasteiger partial charge on any atom is -0.327 e. The first-order valence-corrected chi connectivity index (χ1v) is 7.14. The smallest absolute Gasteiger partial charge is 0.0847 e. The Kier molecular flexibility index (Phi) is 3.82. The van der Waals surface area contributed by atoms with Gasteiger partial charge < -0.3 is 5.73 Å². The van der Waals surface area contributed by atoms with E-state index in [0.29, 0.717) is 5.92 Å². The maximum absolute atomic E-state index is 6.24. The van der Waals surface area contributed by atoms with Crippen LogP contribution < -0.4 is 5.73 Å². The van der Waals surface area contributed by atoms with E-state index in [4.69, 9.17) is 17.3 Å². The Hall–Kier alpha value is -0.190. The van der Waals surface area contributed by atoms with E-state index in [0.717, 1.165) is 22.8 Å². The van der Waals surface area contributed by atoms with Crippen LogP contribution in [0.25, 0.3) is 0 Å². The first-order valence-electron chi connectivity index (χ1n) is 5.61. The molecule has 0 bridgehead atoms. The molecule has 1 aromatic rings. The van der Waals surface area contributed by atoms with E-state index in [1.165, 1.54) is 17.9 Å². The summed E-state index contributed by atoms with van der Waals surface area (Å²) < 4.78 is 1.86. The van der Waals surface area contributed by atoms with Crippen LogP contribution in [0.5, 0.6) is 0 Å². The summed E-state index contributed by atoms with van der Waals surface area (Å²) in [6.07, 6.45) is 2.07. The van der Waals surface area contributed by atoms with Gasteiger partial charge in [-0.05, 0) is 30.8 Å². The van der Waals surface area contributed by atoms with Crippen LogP contribution in [0.4, 0.5) is 0 Å². The molecule has 1 aliphatic rings. The number of hydrogen-bond donors (Lipinski definition) is 1. The monoisotopic (exact) mass is 259 g/mol. The first-order chi connectivity index (χ1) is 7.59. The summed E-state index contributed by atoms with van der Waals surface area (Å²) in [7, 11) is 1.93. The van der Waals surface area contributed by atoms with Gasteiger partial charge in [0, 0.05) is 19.5 Å². The van der Waals surface area contributed by atoms with E-state index in [-0.39, 0.29) is 6.04 Å². The summed E-state index contributed by atoms with van der Waals surface area (Å²) in [4.78, 5) is 0. The molecule has 2 atom stereocenters. The lowest BCUT2D eigenvalue weighted by Gasteiger charge is -2.18. The van der Waals surface area contributed by atoms with E-state index >= 15 is 0 Å². The third kappa shape index (κ3) is 2.39. The van der Waals surface area contributed by atoms with E-state index in [9.17, 15) is 0 Å². The van der Waals surface area contributed by atoms with E-state index in [1.807, 2.05) is 30.4 Å². The molecule has 0 aromatic carbocycles. The highest BCUT2D eigenvalue weighted by Gasteiger charge is 2.24. The Bertz CT molecular complexity index is 372. The van der Waals surface area contributed by atoms with Crippen molar-refractivity contribution in [2.45, 2.75) is 25.8 Å². The van der Waals surface area contributed by atoms with Gasteiger partial charge in [0.1, 0.15) is 0 Å². The fraction of sp³-hybridized carbons (Fsp3) is 0.727. The highest BCUT2D eigenvalue weighted by molar-refractivity contribution is 7.99. The zero-order chi connectivity index (χ0) is 11.7. The molecule has 16 heavy (non-hydrogen) atoms. The van der Waals surface area contributed by atoms with Crippen LogP contribution in [0.1, 0.15) is 17.8 Å². The molecule has 2 heterocycles. The summed E-state index contributed by atoms with van der Waals surface area (Å²) >= 11 is 8.22. The standard InChI is InChI=1S/C11H18ClN3S/c1-7-11(12)10(15(2)14-7)5-9(13)8-3-4-16-6-8/h8-9H,3-6,13H2,1-2H3. The van der Waals surface area contributed by atoms with Crippen molar-refractivity contribution in [1.82, 2.24) is 9.78 Å². The molecule has 3 nitrogen and oxygen atoms in total. The summed E-state index contributed by atoms with van der Waals surface area (Å²) in [6, 6.07) is 0.210. The van der Waals surface area contributed by atoms with Crippen molar-refractivity contribution in [2.24, 2.45) is 18.7 Å².